The Morgan fingerprint density at radius 3 is 3.00 bits per heavy atom. The van der Waals surface area contributed by atoms with Gasteiger partial charge in [0.1, 0.15) is 19.0 Å². The molecule has 0 radical (unpaired) electrons. The maximum Gasteiger partial charge on any atom is 0.249 e. The number of hydrogen-bond donors (Lipinski definition) is 2. The van der Waals surface area contributed by atoms with E-state index < -0.39 is 5.82 Å². The number of morpholine rings is 1. The first-order valence-electron chi connectivity index (χ1n) is 5.76. The van der Waals surface area contributed by atoms with Gasteiger partial charge < -0.3 is 20.7 Å². The maximum absolute atomic E-state index is 13.0. The average molecular weight is 267 g/mol. The number of benzene rings is 1. The molecule has 0 unspecified atom stereocenters. The van der Waals surface area contributed by atoms with E-state index in [9.17, 15) is 14.0 Å². The molecule has 102 valence electrons. The highest BCUT2D eigenvalue weighted by molar-refractivity contribution is 5.95. The molecular weight excluding hydrogens is 253 g/mol. The lowest BCUT2D eigenvalue weighted by Gasteiger charge is -2.26. The fourth-order valence-corrected chi connectivity index (χ4v) is 1.71. The SMILES string of the molecule is Nc1cc(NC(=O)CN2CCOCC2=O)ccc1F. The second-order valence-corrected chi connectivity index (χ2v) is 4.15. The molecule has 0 saturated carbocycles. The smallest absolute Gasteiger partial charge is 0.249 e. The number of carbonyl (C=O) groups is 2. The Balaban J connectivity index is 1.93. The van der Waals surface area contributed by atoms with Gasteiger partial charge in [0.15, 0.2) is 0 Å². The van der Waals surface area contributed by atoms with E-state index in [4.69, 9.17) is 10.5 Å². The number of nitrogens with zero attached hydrogens (tertiary/aromatic N) is 1. The van der Waals surface area contributed by atoms with Crippen LogP contribution in [-0.2, 0) is 14.3 Å². The Kier molecular flexibility index (Phi) is 3.96. The van der Waals surface area contributed by atoms with E-state index in [2.05, 4.69) is 5.32 Å². The summed E-state index contributed by atoms with van der Waals surface area (Å²) < 4.78 is 17.9. The van der Waals surface area contributed by atoms with Crippen LogP contribution in [0.15, 0.2) is 18.2 Å². The summed E-state index contributed by atoms with van der Waals surface area (Å²) in [6.07, 6.45) is 0. The summed E-state index contributed by atoms with van der Waals surface area (Å²) in [4.78, 5) is 24.6. The molecule has 1 saturated heterocycles. The number of rotatable bonds is 3. The Morgan fingerprint density at radius 1 is 1.53 bits per heavy atom. The molecule has 1 aromatic carbocycles. The number of halogens is 1. The molecule has 0 aromatic heterocycles. The third kappa shape index (κ3) is 3.41. The first kappa shape index (κ1) is 13.3. The quantitative estimate of drug-likeness (QED) is 0.766. The maximum atomic E-state index is 13.0. The van der Waals surface area contributed by atoms with Gasteiger partial charge in [-0.25, -0.2) is 4.39 Å². The van der Waals surface area contributed by atoms with Gasteiger partial charge >= 0.3 is 0 Å². The molecule has 0 atom stereocenters. The van der Waals surface area contributed by atoms with E-state index in [0.717, 1.165) is 0 Å². The molecule has 1 aliphatic heterocycles. The highest BCUT2D eigenvalue weighted by Crippen LogP contribution is 2.16. The molecule has 0 spiro atoms. The van der Waals surface area contributed by atoms with Crippen LogP contribution in [-0.4, -0.2) is 43.0 Å². The standard InChI is InChI=1S/C12H14FN3O3/c13-9-2-1-8(5-10(9)14)15-11(17)6-16-3-4-19-7-12(16)18/h1-2,5H,3-4,6-7,14H2,(H,15,17). The van der Waals surface area contributed by atoms with E-state index in [1.54, 1.807) is 0 Å². The summed E-state index contributed by atoms with van der Waals surface area (Å²) in [6, 6.07) is 3.91. The molecular formula is C12H14FN3O3. The Hall–Kier alpha value is -2.15. The monoisotopic (exact) mass is 267 g/mol. The van der Waals surface area contributed by atoms with Crippen molar-refractivity contribution in [2.45, 2.75) is 0 Å². The van der Waals surface area contributed by atoms with Crippen LogP contribution < -0.4 is 11.1 Å². The zero-order chi connectivity index (χ0) is 13.8. The van der Waals surface area contributed by atoms with Crippen LogP contribution in [0.5, 0.6) is 0 Å². The van der Waals surface area contributed by atoms with Gasteiger partial charge in [0.25, 0.3) is 0 Å². The molecule has 1 heterocycles. The fraction of sp³-hybridized carbons (Fsp3) is 0.333. The molecule has 1 aliphatic rings. The summed E-state index contributed by atoms with van der Waals surface area (Å²) in [5, 5.41) is 2.56. The number of carbonyl (C=O) groups excluding carboxylic acids is 2. The van der Waals surface area contributed by atoms with Crippen LogP contribution >= 0.6 is 0 Å². The van der Waals surface area contributed by atoms with Crippen molar-refractivity contribution in [1.29, 1.82) is 0 Å². The minimum absolute atomic E-state index is 0.00320. The number of hydrogen-bond acceptors (Lipinski definition) is 4. The topological polar surface area (TPSA) is 84.7 Å². The van der Waals surface area contributed by atoms with Gasteiger partial charge in [-0.1, -0.05) is 0 Å². The van der Waals surface area contributed by atoms with Gasteiger partial charge in [0.05, 0.1) is 12.3 Å². The first-order chi connectivity index (χ1) is 9.06. The van der Waals surface area contributed by atoms with E-state index in [1.807, 2.05) is 0 Å². The summed E-state index contributed by atoms with van der Waals surface area (Å²) in [7, 11) is 0. The lowest BCUT2D eigenvalue weighted by Crippen LogP contribution is -2.45. The van der Waals surface area contributed by atoms with E-state index in [0.29, 0.717) is 18.8 Å². The summed E-state index contributed by atoms with van der Waals surface area (Å²) in [6.45, 7) is 0.747. The number of anilines is 2. The second-order valence-electron chi connectivity index (χ2n) is 4.15. The number of nitrogens with one attached hydrogen (secondary N) is 1. The Morgan fingerprint density at radius 2 is 2.32 bits per heavy atom. The summed E-state index contributed by atoms with van der Waals surface area (Å²) >= 11 is 0. The number of nitrogen functional groups attached to an aromatic ring is 1. The first-order valence-corrected chi connectivity index (χ1v) is 5.76. The van der Waals surface area contributed by atoms with Crippen LogP contribution in [0.3, 0.4) is 0 Å². The molecule has 0 aliphatic carbocycles. The predicted octanol–water partition coefficient (Wildman–Crippen LogP) is 0.205. The van der Waals surface area contributed by atoms with Crippen molar-refractivity contribution in [2.24, 2.45) is 0 Å². The zero-order valence-corrected chi connectivity index (χ0v) is 10.2. The number of amides is 2. The zero-order valence-electron chi connectivity index (χ0n) is 10.2. The van der Waals surface area contributed by atoms with Crippen molar-refractivity contribution in [3.8, 4) is 0 Å². The van der Waals surface area contributed by atoms with Crippen LogP contribution in [0.4, 0.5) is 15.8 Å². The summed E-state index contributed by atoms with van der Waals surface area (Å²) in [5.41, 5.74) is 5.75. The molecule has 7 heteroatoms. The van der Waals surface area contributed by atoms with Crippen molar-refractivity contribution >= 4 is 23.2 Å². The molecule has 19 heavy (non-hydrogen) atoms. The number of ether oxygens (including phenoxy) is 1. The Labute approximate surface area is 109 Å². The minimum atomic E-state index is -0.540. The lowest BCUT2D eigenvalue weighted by molar-refractivity contribution is -0.144. The number of nitrogens with two attached hydrogens (primary N) is 1. The van der Waals surface area contributed by atoms with Crippen molar-refractivity contribution in [1.82, 2.24) is 4.90 Å². The highest BCUT2D eigenvalue weighted by atomic mass is 19.1. The van der Waals surface area contributed by atoms with Crippen LogP contribution in [0.2, 0.25) is 0 Å². The molecule has 1 aromatic rings. The van der Waals surface area contributed by atoms with Gasteiger partial charge in [0, 0.05) is 12.2 Å². The van der Waals surface area contributed by atoms with E-state index in [-0.39, 0.29) is 30.7 Å². The van der Waals surface area contributed by atoms with Crippen LogP contribution in [0.25, 0.3) is 0 Å². The fourth-order valence-electron chi connectivity index (χ4n) is 1.71. The van der Waals surface area contributed by atoms with Crippen LogP contribution in [0, 0.1) is 5.82 Å². The molecule has 2 amide bonds. The second kappa shape index (κ2) is 5.66. The van der Waals surface area contributed by atoms with Crippen molar-refractivity contribution < 1.29 is 18.7 Å². The van der Waals surface area contributed by atoms with Crippen molar-refractivity contribution in [3.05, 3.63) is 24.0 Å². The van der Waals surface area contributed by atoms with Crippen molar-refractivity contribution in [2.75, 3.05) is 37.4 Å². The Bertz CT molecular complexity index is 507. The summed E-state index contributed by atoms with van der Waals surface area (Å²) in [5.74, 6) is -1.12. The highest BCUT2D eigenvalue weighted by Gasteiger charge is 2.20. The molecule has 3 N–H and O–H groups in total. The largest absolute Gasteiger partial charge is 0.396 e. The molecule has 2 rings (SSSR count). The lowest BCUT2D eigenvalue weighted by atomic mass is 10.2. The normalized spacial score (nSPS) is 15.4. The predicted molar refractivity (Wildman–Crippen MR) is 66.8 cm³/mol. The van der Waals surface area contributed by atoms with E-state index in [1.165, 1.54) is 23.1 Å². The van der Waals surface area contributed by atoms with Gasteiger partial charge in [-0.05, 0) is 18.2 Å². The van der Waals surface area contributed by atoms with E-state index >= 15 is 0 Å². The average Bonchev–Trinajstić information content (AvgIpc) is 2.37. The molecule has 0 bridgehead atoms. The third-order valence-electron chi connectivity index (χ3n) is 2.70. The third-order valence-corrected chi connectivity index (χ3v) is 2.70. The van der Waals surface area contributed by atoms with Gasteiger partial charge in [0.2, 0.25) is 11.8 Å². The molecule has 6 nitrogen and oxygen atoms in total. The van der Waals surface area contributed by atoms with Crippen LogP contribution in [0.1, 0.15) is 0 Å². The van der Waals surface area contributed by atoms with Gasteiger partial charge in [-0.15, -0.1) is 0 Å². The molecule has 1 fully saturated rings. The van der Waals surface area contributed by atoms with Gasteiger partial charge in [-0.2, -0.15) is 0 Å². The van der Waals surface area contributed by atoms with Crippen molar-refractivity contribution in [3.63, 3.8) is 0 Å². The van der Waals surface area contributed by atoms with Gasteiger partial charge in [-0.3, -0.25) is 9.59 Å². The minimum Gasteiger partial charge on any atom is -0.396 e.